The molecule has 0 spiro atoms. The number of fused-ring (bicyclic) bond motifs is 3. The monoisotopic (exact) mass is 450 g/mol. The van der Waals surface area contributed by atoms with Crippen molar-refractivity contribution in [3.63, 3.8) is 0 Å². The normalized spacial score (nSPS) is 10.7. The van der Waals surface area contributed by atoms with Crippen molar-refractivity contribution in [3.05, 3.63) is 59.8 Å². The number of aliphatic hydroxyl groups is 1. The number of aliphatic hydroxyl groups excluding tert-OH is 1. The summed E-state index contributed by atoms with van der Waals surface area (Å²) in [7, 11) is 0. The summed E-state index contributed by atoms with van der Waals surface area (Å²) < 4.78 is 5.85. The van der Waals surface area contributed by atoms with Gasteiger partial charge in [0.25, 0.3) is 0 Å². The zero-order valence-corrected chi connectivity index (χ0v) is 20.1. The summed E-state index contributed by atoms with van der Waals surface area (Å²) in [6.45, 7) is 14.4. The summed E-state index contributed by atoms with van der Waals surface area (Å²) in [5.74, 6) is 0.730. The first kappa shape index (κ1) is 27.5. The molecular weight excluding hydrogens is 416 g/mol. The molecule has 0 fully saturated rings. The Morgan fingerprint density at radius 2 is 1.70 bits per heavy atom. The van der Waals surface area contributed by atoms with Gasteiger partial charge in [-0.25, -0.2) is 4.98 Å². The Balaban J connectivity index is 0.000000705. The number of nitrogens with zero attached hydrogens (tertiary/aromatic N) is 1. The summed E-state index contributed by atoms with van der Waals surface area (Å²) in [5, 5.41) is 11.8. The highest BCUT2D eigenvalue weighted by Gasteiger charge is 2.16. The van der Waals surface area contributed by atoms with Gasteiger partial charge in [0.05, 0.1) is 11.6 Å². The molecule has 176 valence electrons. The number of pyridine rings is 1. The Labute approximate surface area is 195 Å². The molecule has 0 saturated carbocycles. The largest absolute Gasteiger partial charge is 0.489 e. The fourth-order valence-corrected chi connectivity index (χ4v) is 3.35. The number of carbonyl (C=O) groups excluding carboxylic acids is 2. The van der Waals surface area contributed by atoms with Gasteiger partial charge in [-0.15, -0.1) is 0 Å². The smallest absolute Gasteiger partial charge is 0.143 e. The summed E-state index contributed by atoms with van der Waals surface area (Å²) in [6.07, 6.45) is 2.59. The lowest BCUT2D eigenvalue weighted by atomic mass is 9.98. The first-order chi connectivity index (χ1) is 15.9. The number of rotatable bonds is 4. The Kier molecular flexibility index (Phi) is 11.5. The van der Waals surface area contributed by atoms with Gasteiger partial charge in [-0.3, -0.25) is 0 Å². The molecule has 2 aromatic carbocycles. The van der Waals surface area contributed by atoms with Gasteiger partial charge in [0.1, 0.15) is 31.6 Å². The van der Waals surface area contributed by atoms with Crippen molar-refractivity contribution in [1.82, 2.24) is 9.97 Å². The zero-order valence-electron chi connectivity index (χ0n) is 20.1. The van der Waals surface area contributed by atoms with E-state index in [9.17, 15) is 5.11 Å². The number of ether oxygens (including phenoxy) is 1. The van der Waals surface area contributed by atoms with Crippen LogP contribution in [0.3, 0.4) is 0 Å². The summed E-state index contributed by atoms with van der Waals surface area (Å²) >= 11 is 0. The van der Waals surface area contributed by atoms with Crippen molar-refractivity contribution >= 4 is 35.5 Å². The second kappa shape index (κ2) is 13.8. The lowest BCUT2D eigenvalue weighted by Crippen LogP contribution is -2.12. The van der Waals surface area contributed by atoms with Crippen molar-refractivity contribution in [2.24, 2.45) is 0 Å². The maximum absolute atomic E-state index is 9.58. The molecule has 0 amide bonds. The number of benzene rings is 2. The van der Waals surface area contributed by atoms with Gasteiger partial charge in [0.2, 0.25) is 0 Å². The molecule has 6 nitrogen and oxygen atoms in total. The second-order valence-corrected chi connectivity index (χ2v) is 7.63. The zero-order chi connectivity index (χ0) is 25.0. The predicted octanol–water partition coefficient (Wildman–Crippen LogP) is 5.81. The van der Waals surface area contributed by atoms with E-state index in [1.54, 1.807) is 6.92 Å². The summed E-state index contributed by atoms with van der Waals surface area (Å²) in [5.41, 5.74) is 6.40. The Morgan fingerprint density at radius 1 is 1.03 bits per heavy atom. The minimum Gasteiger partial charge on any atom is -0.489 e. The standard InChI is InChI=1S/C22H22N2O2.C3H8.2CH2O/c1-13-5-4-6-16(9-13)17-7-8-19(26-12-15(3)25)21-20(17)18-10-14(2)11-23-22(18)24-21;1-3-2;2*1-2/h4-11,15,25H,12H2,1-3H3,(H,23,24);3H2,1-2H3;2*1H2. The van der Waals surface area contributed by atoms with Crippen LogP contribution in [-0.2, 0) is 9.59 Å². The highest BCUT2D eigenvalue weighted by atomic mass is 16.5. The van der Waals surface area contributed by atoms with Crippen molar-refractivity contribution < 1.29 is 19.4 Å². The molecule has 1 unspecified atom stereocenters. The van der Waals surface area contributed by atoms with Crippen LogP contribution in [0.2, 0.25) is 0 Å². The third-order valence-corrected chi connectivity index (χ3v) is 4.51. The molecule has 4 rings (SSSR count). The molecule has 2 N–H and O–H groups in total. The maximum atomic E-state index is 9.58. The third-order valence-electron chi connectivity index (χ3n) is 4.51. The number of hydrogen-bond acceptors (Lipinski definition) is 5. The number of aromatic nitrogens is 2. The van der Waals surface area contributed by atoms with E-state index in [0.717, 1.165) is 38.8 Å². The minimum atomic E-state index is -0.522. The van der Waals surface area contributed by atoms with Crippen LogP contribution in [0.25, 0.3) is 33.1 Å². The van der Waals surface area contributed by atoms with E-state index in [-0.39, 0.29) is 6.61 Å². The number of H-pyrrole nitrogens is 1. The minimum absolute atomic E-state index is 0.251. The van der Waals surface area contributed by atoms with E-state index in [2.05, 4.69) is 67.1 Å². The Morgan fingerprint density at radius 3 is 2.30 bits per heavy atom. The molecule has 1 atom stereocenters. The summed E-state index contributed by atoms with van der Waals surface area (Å²) in [6, 6.07) is 14.7. The molecule has 0 bridgehead atoms. The van der Waals surface area contributed by atoms with Crippen LogP contribution in [0.1, 0.15) is 38.3 Å². The molecule has 0 aliphatic carbocycles. The lowest BCUT2D eigenvalue weighted by molar-refractivity contribution is -0.0987. The first-order valence-corrected chi connectivity index (χ1v) is 10.8. The molecule has 2 aromatic heterocycles. The average molecular weight is 451 g/mol. The van der Waals surface area contributed by atoms with Gasteiger partial charge >= 0.3 is 0 Å². The molecule has 0 saturated heterocycles. The van der Waals surface area contributed by atoms with E-state index >= 15 is 0 Å². The van der Waals surface area contributed by atoms with Crippen molar-refractivity contribution in [3.8, 4) is 16.9 Å². The maximum Gasteiger partial charge on any atom is 0.143 e. The Bertz CT molecular complexity index is 1150. The molecule has 0 aliphatic rings. The molecule has 33 heavy (non-hydrogen) atoms. The number of aromatic amines is 1. The highest BCUT2D eigenvalue weighted by Crippen LogP contribution is 2.39. The average Bonchev–Trinajstić information content (AvgIpc) is 3.19. The van der Waals surface area contributed by atoms with Crippen LogP contribution in [0, 0.1) is 13.8 Å². The van der Waals surface area contributed by atoms with Crippen LogP contribution < -0.4 is 4.74 Å². The van der Waals surface area contributed by atoms with E-state index in [1.807, 2.05) is 32.8 Å². The second-order valence-electron chi connectivity index (χ2n) is 7.63. The van der Waals surface area contributed by atoms with Gasteiger partial charge < -0.3 is 24.4 Å². The van der Waals surface area contributed by atoms with E-state index < -0.39 is 6.10 Å². The van der Waals surface area contributed by atoms with Gasteiger partial charge in [0.15, 0.2) is 0 Å². The first-order valence-electron chi connectivity index (χ1n) is 10.8. The van der Waals surface area contributed by atoms with Crippen LogP contribution >= 0.6 is 0 Å². The van der Waals surface area contributed by atoms with E-state index in [1.165, 1.54) is 17.5 Å². The fourth-order valence-electron chi connectivity index (χ4n) is 3.35. The predicted molar refractivity (Wildman–Crippen MR) is 136 cm³/mol. The van der Waals surface area contributed by atoms with Crippen molar-refractivity contribution in [2.75, 3.05) is 6.61 Å². The third kappa shape index (κ3) is 6.99. The molecular formula is C27H34N2O4. The van der Waals surface area contributed by atoms with Gasteiger partial charge in [-0.2, -0.15) is 0 Å². The van der Waals surface area contributed by atoms with Gasteiger partial charge in [-0.05, 0) is 55.7 Å². The molecule has 4 aromatic rings. The lowest BCUT2D eigenvalue weighted by Gasteiger charge is -2.12. The molecule has 6 heteroatoms. The van der Waals surface area contributed by atoms with Crippen molar-refractivity contribution in [2.45, 2.75) is 47.1 Å². The molecule has 0 radical (unpaired) electrons. The van der Waals surface area contributed by atoms with Crippen LogP contribution in [0.5, 0.6) is 5.75 Å². The van der Waals surface area contributed by atoms with Crippen LogP contribution in [0.15, 0.2) is 48.7 Å². The van der Waals surface area contributed by atoms with E-state index in [0.29, 0.717) is 0 Å². The fraction of sp³-hybridized carbons (Fsp3) is 0.296. The van der Waals surface area contributed by atoms with Gasteiger partial charge in [-0.1, -0.05) is 50.1 Å². The Hall–Kier alpha value is -3.51. The SMILES string of the molecule is C=O.C=O.CCC.Cc1cccc(-c2ccc(OCC(C)O)c3[nH]c4ncc(C)cc4c23)c1. The molecule has 0 aliphatic heterocycles. The highest BCUT2D eigenvalue weighted by molar-refractivity contribution is 6.15. The topological polar surface area (TPSA) is 92.3 Å². The van der Waals surface area contributed by atoms with Gasteiger partial charge in [0, 0.05) is 17.0 Å². The summed E-state index contributed by atoms with van der Waals surface area (Å²) in [4.78, 5) is 24.0. The quantitative estimate of drug-likeness (QED) is 0.409. The molecule has 2 heterocycles. The van der Waals surface area contributed by atoms with E-state index in [4.69, 9.17) is 14.3 Å². The number of nitrogens with one attached hydrogen (secondary N) is 1. The van der Waals surface area contributed by atoms with Crippen LogP contribution in [0.4, 0.5) is 0 Å². The van der Waals surface area contributed by atoms with Crippen molar-refractivity contribution in [1.29, 1.82) is 0 Å². The number of hydrogen-bond donors (Lipinski definition) is 2. The number of aryl methyl sites for hydroxylation is 2. The van der Waals surface area contributed by atoms with Crippen LogP contribution in [-0.4, -0.2) is 41.4 Å². The number of carbonyl (C=O) groups is 2.